The summed E-state index contributed by atoms with van der Waals surface area (Å²) in [7, 11) is 2.78. The predicted octanol–water partition coefficient (Wildman–Crippen LogP) is 3.84. The fraction of sp³-hybridized carbons (Fsp3) is 0.125. The second-order valence-electron chi connectivity index (χ2n) is 4.75. The predicted molar refractivity (Wildman–Crippen MR) is 87.0 cm³/mol. The Morgan fingerprint density at radius 3 is 2.67 bits per heavy atom. The Hall–Kier alpha value is -2.74. The summed E-state index contributed by atoms with van der Waals surface area (Å²) in [5, 5.41) is 2.64. The number of halogens is 2. The van der Waals surface area contributed by atoms with Crippen LogP contribution in [0.2, 0.25) is 0 Å². The molecule has 0 spiro atoms. The number of benzene rings is 2. The summed E-state index contributed by atoms with van der Waals surface area (Å²) in [5.41, 5.74) is -0.0751. The zero-order chi connectivity index (χ0) is 17.3. The van der Waals surface area contributed by atoms with Crippen LogP contribution in [-0.4, -0.2) is 25.1 Å². The number of rotatable bonds is 4. The van der Waals surface area contributed by atoms with Crippen molar-refractivity contribution < 1.29 is 23.0 Å². The maximum atomic E-state index is 14.1. The van der Waals surface area contributed by atoms with E-state index in [-0.39, 0.29) is 10.9 Å². The molecule has 24 heavy (non-hydrogen) atoms. The Labute approximate surface area is 139 Å². The van der Waals surface area contributed by atoms with Crippen LogP contribution in [0.25, 0.3) is 10.2 Å². The minimum atomic E-state index is -1.06. The first-order chi connectivity index (χ1) is 11.5. The molecular weight excluding hydrogens is 338 g/mol. The lowest BCUT2D eigenvalue weighted by Crippen LogP contribution is -2.16. The molecule has 1 aromatic heterocycles. The molecule has 1 amide bonds. The minimum absolute atomic E-state index is 0.212. The molecule has 1 N–H and O–H groups in total. The third-order valence-electron chi connectivity index (χ3n) is 3.32. The first-order valence-corrected chi connectivity index (χ1v) is 7.63. The Bertz CT molecular complexity index is 927. The number of anilines is 1. The summed E-state index contributed by atoms with van der Waals surface area (Å²) < 4.78 is 38.6. The Balaban J connectivity index is 1.93. The van der Waals surface area contributed by atoms with Crippen molar-refractivity contribution in [2.24, 2.45) is 0 Å². The van der Waals surface area contributed by atoms with E-state index in [2.05, 4.69) is 10.3 Å². The standard InChI is InChI=1S/C16H12F2N2O3S/c1-22-8-3-5-10-12(7-8)24-16(19-10)20-15(21)13-9(17)4-6-11(23-2)14(13)18/h3-7H,1-2H3,(H,19,20,21). The van der Waals surface area contributed by atoms with Crippen molar-refractivity contribution in [3.8, 4) is 11.5 Å². The van der Waals surface area contributed by atoms with Gasteiger partial charge in [-0.2, -0.15) is 0 Å². The molecule has 8 heteroatoms. The lowest BCUT2D eigenvalue weighted by molar-refractivity contribution is 0.101. The van der Waals surface area contributed by atoms with Gasteiger partial charge in [-0.15, -0.1) is 0 Å². The number of methoxy groups -OCH3 is 2. The van der Waals surface area contributed by atoms with E-state index in [1.54, 1.807) is 25.3 Å². The van der Waals surface area contributed by atoms with Gasteiger partial charge in [0.05, 0.1) is 24.4 Å². The van der Waals surface area contributed by atoms with Crippen LogP contribution in [0.1, 0.15) is 10.4 Å². The summed E-state index contributed by atoms with van der Waals surface area (Å²) in [6.45, 7) is 0. The lowest BCUT2D eigenvalue weighted by atomic mass is 10.1. The molecule has 0 aliphatic rings. The highest BCUT2D eigenvalue weighted by Gasteiger charge is 2.22. The number of thiazole rings is 1. The minimum Gasteiger partial charge on any atom is -0.497 e. The van der Waals surface area contributed by atoms with E-state index in [1.165, 1.54) is 18.4 Å². The summed E-state index contributed by atoms with van der Waals surface area (Å²) >= 11 is 1.17. The number of hydrogen-bond donors (Lipinski definition) is 1. The van der Waals surface area contributed by atoms with Gasteiger partial charge in [-0.25, -0.2) is 13.8 Å². The number of amides is 1. The topological polar surface area (TPSA) is 60.5 Å². The Morgan fingerprint density at radius 2 is 1.96 bits per heavy atom. The molecule has 0 bridgehead atoms. The van der Waals surface area contributed by atoms with Gasteiger partial charge >= 0.3 is 0 Å². The number of fused-ring (bicyclic) bond motifs is 1. The zero-order valence-corrected chi connectivity index (χ0v) is 13.5. The van der Waals surface area contributed by atoms with Crippen molar-refractivity contribution in [3.05, 3.63) is 47.5 Å². The molecular formula is C16H12F2N2O3S. The molecule has 3 rings (SSSR count). The fourth-order valence-corrected chi connectivity index (χ4v) is 3.03. The van der Waals surface area contributed by atoms with Crippen molar-refractivity contribution in [1.82, 2.24) is 4.98 Å². The van der Waals surface area contributed by atoms with E-state index in [0.717, 1.165) is 16.8 Å². The zero-order valence-electron chi connectivity index (χ0n) is 12.7. The van der Waals surface area contributed by atoms with Gasteiger partial charge in [0.2, 0.25) is 0 Å². The Kier molecular flexibility index (Phi) is 4.30. The van der Waals surface area contributed by atoms with Gasteiger partial charge < -0.3 is 9.47 Å². The molecule has 0 atom stereocenters. The summed E-state index contributed by atoms with van der Waals surface area (Å²) in [4.78, 5) is 16.4. The first kappa shape index (κ1) is 16.1. The molecule has 3 aromatic rings. The van der Waals surface area contributed by atoms with Gasteiger partial charge in [0.25, 0.3) is 5.91 Å². The highest BCUT2D eigenvalue weighted by molar-refractivity contribution is 7.22. The second kappa shape index (κ2) is 6.40. The molecule has 5 nitrogen and oxygen atoms in total. The first-order valence-electron chi connectivity index (χ1n) is 6.81. The van der Waals surface area contributed by atoms with Crippen LogP contribution in [0.3, 0.4) is 0 Å². The maximum absolute atomic E-state index is 14.1. The van der Waals surface area contributed by atoms with E-state index in [9.17, 15) is 13.6 Å². The van der Waals surface area contributed by atoms with Gasteiger partial charge in [-0.05, 0) is 30.3 Å². The van der Waals surface area contributed by atoms with E-state index < -0.39 is 23.1 Å². The molecule has 0 unspecified atom stereocenters. The lowest BCUT2D eigenvalue weighted by Gasteiger charge is -2.08. The maximum Gasteiger partial charge on any atom is 0.263 e. The van der Waals surface area contributed by atoms with Crippen molar-refractivity contribution in [2.45, 2.75) is 0 Å². The summed E-state index contributed by atoms with van der Waals surface area (Å²) in [6, 6.07) is 7.31. The monoisotopic (exact) mass is 350 g/mol. The second-order valence-corrected chi connectivity index (χ2v) is 5.78. The van der Waals surface area contributed by atoms with Gasteiger partial charge in [0.1, 0.15) is 17.1 Å². The molecule has 0 aliphatic heterocycles. The average Bonchev–Trinajstić information content (AvgIpc) is 2.96. The highest BCUT2D eigenvalue weighted by atomic mass is 32.1. The SMILES string of the molecule is COc1ccc2nc(NC(=O)c3c(F)ccc(OC)c3F)sc2c1. The highest BCUT2D eigenvalue weighted by Crippen LogP contribution is 2.30. The number of carbonyl (C=O) groups excluding carboxylic acids is 1. The molecule has 2 aromatic carbocycles. The van der Waals surface area contributed by atoms with Crippen LogP contribution in [0, 0.1) is 11.6 Å². The van der Waals surface area contributed by atoms with E-state index in [1.807, 2.05) is 0 Å². The number of aromatic nitrogens is 1. The van der Waals surface area contributed by atoms with Crippen molar-refractivity contribution in [1.29, 1.82) is 0 Å². The van der Waals surface area contributed by atoms with Crippen LogP contribution in [0.4, 0.5) is 13.9 Å². The van der Waals surface area contributed by atoms with Crippen LogP contribution < -0.4 is 14.8 Å². The van der Waals surface area contributed by atoms with Crippen molar-refractivity contribution in [3.63, 3.8) is 0 Å². The number of nitrogens with zero attached hydrogens (tertiary/aromatic N) is 1. The summed E-state index contributed by atoms with van der Waals surface area (Å²) in [6.07, 6.45) is 0. The van der Waals surface area contributed by atoms with Gasteiger partial charge in [-0.3, -0.25) is 10.1 Å². The quantitative estimate of drug-likeness (QED) is 0.777. The van der Waals surface area contributed by atoms with Crippen LogP contribution in [0.5, 0.6) is 11.5 Å². The van der Waals surface area contributed by atoms with E-state index >= 15 is 0 Å². The van der Waals surface area contributed by atoms with Crippen LogP contribution >= 0.6 is 11.3 Å². The van der Waals surface area contributed by atoms with E-state index in [0.29, 0.717) is 11.3 Å². The molecule has 1 heterocycles. The number of hydrogen-bond acceptors (Lipinski definition) is 5. The third kappa shape index (κ3) is 2.88. The fourth-order valence-electron chi connectivity index (χ4n) is 2.14. The van der Waals surface area contributed by atoms with Crippen molar-refractivity contribution >= 4 is 32.6 Å². The van der Waals surface area contributed by atoms with Crippen LogP contribution in [-0.2, 0) is 0 Å². The van der Waals surface area contributed by atoms with Crippen LogP contribution in [0.15, 0.2) is 30.3 Å². The number of ether oxygens (including phenoxy) is 2. The molecule has 0 aliphatic carbocycles. The van der Waals surface area contributed by atoms with Gasteiger partial charge in [0, 0.05) is 0 Å². The largest absolute Gasteiger partial charge is 0.497 e. The average molecular weight is 350 g/mol. The molecule has 124 valence electrons. The number of carbonyl (C=O) groups is 1. The molecule has 0 radical (unpaired) electrons. The Morgan fingerprint density at radius 1 is 1.17 bits per heavy atom. The third-order valence-corrected chi connectivity index (χ3v) is 4.25. The molecule has 0 saturated carbocycles. The molecule has 0 saturated heterocycles. The number of nitrogens with one attached hydrogen (secondary N) is 1. The smallest absolute Gasteiger partial charge is 0.263 e. The van der Waals surface area contributed by atoms with Crippen molar-refractivity contribution in [2.75, 3.05) is 19.5 Å². The van der Waals surface area contributed by atoms with E-state index in [4.69, 9.17) is 9.47 Å². The van der Waals surface area contributed by atoms with Gasteiger partial charge in [-0.1, -0.05) is 11.3 Å². The van der Waals surface area contributed by atoms with Gasteiger partial charge in [0.15, 0.2) is 16.7 Å². The summed E-state index contributed by atoms with van der Waals surface area (Å²) in [5.74, 6) is -2.54. The molecule has 0 fully saturated rings. The normalized spacial score (nSPS) is 10.7.